The zero-order valence-corrected chi connectivity index (χ0v) is 17.6. The predicted octanol–water partition coefficient (Wildman–Crippen LogP) is 4.49. The fourth-order valence-corrected chi connectivity index (χ4v) is 4.58. The Hall–Kier alpha value is -3.49. The van der Waals surface area contributed by atoms with Crippen molar-refractivity contribution >= 4 is 55.3 Å². The van der Waals surface area contributed by atoms with Crippen molar-refractivity contribution in [3.8, 4) is 0 Å². The van der Waals surface area contributed by atoms with Crippen molar-refractivity contribution in [3.63, 3.8) is 0 Å². The van der Waals surface area contributed by atoms with Gasteiger partial charge in [0.05, 0.1) is 22.3 Å². The van der Waals surface area contributed by atoms with Gasteiger partial charge in [-0.3, -0.25) is 19.2 Å². The summed E-state index contributed by atoms with van der Waals surface area (Å²) in [6.45, 7) is 0.0948. The van der Waals surface area contributed by atoms with Gasteiger partial charge in [0.25, 0.3) is 0 Å². The highest BCUT2D eigenvalue weighted by atomic mass is 35.5. The van der Waals surface area contributed by atoms with Crippen molar-refractivity contribution < 1.29 is 9.21 Å². The smallest absolute Gasteiger partial charge is 0.408 e. The van der Waals surface area contributed by atoms with Crippen LogP contribution in [0.2, 0.25) is 5.02 Å². The minimum Gasteiger partial charge on any atom is -0.408 e. The Morgan fingerprint density at radius 3 is 2.87 bits per heavy atom. The second kappa shape index (κ2) is 7.98. The van der Waals surface area contributed by atoms with Crippen molar-refractivity contribution in [2.24, 2.45) is 0 Å². The van der Waals surface area contributed by atoms with Crippen LogP contribution in [0.25, 0.3) is 21.3 Å². The van der Waals surface area contributed by atoms with E-state index in [-0.39, 0.29) is 19.0 Å². The van der Waals surface area contributed by atoms with Crippen molar-refractivity contribution in [1.82, 2.24) is 14.5 Å². The summed E-state index contributed by atoms with van der Waals surface area (Å²) >= 11 is 7.48. The van der Waals surface area contributed by atoms with Crippen molar-refractivity contribution in [2.75, 3.05) is 4.90 Å². The van der Waals surface area contributed by atoms with Gasteiger partial charge in [-0.1, -0.05) is 41.1 Å². The monoisotopic (exact) mass is 450 g/mol. The number of aromatic nitrogens is 3. The lowest BCUT2D eigenvalue weighted by Crippen LogP contribution is -2.35. The van der Waals surface area contributed by atoms with Crippen LogP contribution in [0.4, 0.5) is 5.13 Å². The van der Waals surface area contributed by atoms with E-state index in [1.165, 1.54) is 15.9 Å². The number of carbonyl (C=O) groups is 1. The lowest BCUT2D eigenvalue weighted by Gasteiger charge is -2.20. The molecule has 0 unspecified atom stereocenters. The number of para-hydroxylation sites is 2. The number of oxazole rings is 1. The highest BCUT2D eigenvalue weighted by Gasteiger charge is 2.23. The van der Waals surface area contributed by atoms with E-state index in [1.807, 2.05) is 24.3 Å². The molecule has 1 amide bonds. The first-order chi connectivity index (χ1) is 15.1. The van der Waals surface area contributed by atoms with Crippen LogP contribution in [0.3, 0.4) is 0 Å². The molecule has 7 nitrogen and oxygen atoms in total. The second-order valence-electron chi connectivity index (χ2n) is 6.87. The van der Waals surface area contributed by atoms with Crippen LogP contribution in [0.15, 0.2) is 76.2 Å². The van der Waals surface area contributed by atoms with E-state index < -0.39 is 5.76 Å². The molecule has 2 aromatic carbocycles. The molecule has 0 fully saturated rings. The van der Waals surface area contributed by atoms with Gasteiger partial charge in [-0.05, 0) is 42.0 Å². The van der Waals surface area contributed by atoms with Gasteiger partial charge in [0, 0.05) is 17.4 Å². The van der Waals surface area contributed by atoms with Crippen LogP contribution in [0.5, 0.6) is 0 Å². The van der Waals surface area contributed by atoms with Gasteiger partial charge < -0.3 is 4.42 Å². The van der Waals surface area contributed by atoms with E-state index in [9.17, 15) is 9.59 Å². The summed E-state index contributed by atoms with van der Waals surface area (Å²) in [5, 5.41) is 1.12. The van der Waals surface area contributed by atoms with Crippen LogP contribution in [0, 0.1) is 0 Å². The number of carbonyl (C=O) groups excluding carboxylic acids is 1. The van der Waals surface area contributed by atoms with Gasteiger partial charge in [0.2, 0.25) is 5.91 Å². The Kier molecular flexibility index (Phi) is 5.01. The molecule has 0 N–H and O–H groups in total. The van der Waals surface area contributed by atoms with Crippen molar-refractivity contribution in [2.45, 2.75) is 13.1 Å². The molecule has 31 heavy (non-hydrogen) atoms. The molecule has 0 saturated carbocycles. The highest BCUT2D eigenvalue weighted by Crippen LogP contribution is 2.32. The summed E-state index contributed by atoms with van der Waals surface area (Å²) in [7, 11) is 0. The third-order valence-corrected chi connectivity index (χ3v) is 6.08. The number of halogens is 1. The molecule has 9 heteroatoms. The van der Waals surface area contributed by atoms with Crippen LogP contribution in [-0.4, -0.2) is 20.4 Å². The molecule has 0 saturated heterocycles. The Morgan fingerprint density at radius 1 is 1.16 bits per heavy atom. The van der Waals surface area contributed by atoms with Gasteiger partial charge in [0.1, 0.15) is 6.54 Å². The van der Waals surface area contributed by atoms with E-state index in [0.29, 0.717) is 21.3 Å². The Morgan fingerprint density at radius 2 is 2.03 bits per heavy atom. The Balaban J connectivity index is 1.54. The number of benzene rings is 2. The molecule has 5 rings (SSSR count). The fraction of sp³-hybridized carbons (Fsp3) is 0.0909. The largest absolute Gasteiger partial charge is 0.420 e. The molecule has 0 spiro atoms. The second-order valence-corrected chi connectivity index (χ2v) is 8.32. The molecule has 0 radical (unpaired) electrons. The number of amides is 1. The Bertz CT molecular complexity index is 1460. The summed E-state index contributed by atoms with van der Waals surface area (Å²) in [4.78, 5) is 36.1. The summed E-state index contributed by atoms with van der Waals surface area (Å²) in [6.07, 6.45) is 3.37. The number of anilines is 1. The van der Waals surface area contributed by atoms with E-state index in [4.69, 9.17) is 16.0 Å². The lowest BCUT2D eigenvalue weighted by molar-refractivity contribution is -0.119. The maximum absolute atomic E-state index is 13.4. The van der Waals surface area contributed by atoms with Crippen molar-refractivity contribution in [1.29, 1.82) is 0 Å². The van der Waals surface area contributed by atoms with Gasteiger partial charge in [-0.25, -0.2) is 9.78 Å². The first-order valence-corrected chi connectivity index (χ1v) is 10.6. The molecule has 0 atom stereocenters. The number of hydrogen-bond donors (Lipinski definition) is 0. The number of rotatable bonds is 5. The highest BCUT2D eigenvalue weighted by molar-refractivity contribution is 7.22. The average Bonchev–Trinajstić information content (AvgIpc) is 3.33. The SMILES string of the molecule is O=C(Cn1c(=O)oc2ccccc21)N(Cc1cccnc1)c1nc2ccc(Cl)cc2s1. The van der Waals surface area contributed by atoms with Crippen LogP contribution >= 0.6 is 22.9 Å². The fourth-order valence-electron chi connectivity index (χ4n) is 3.32. The Labute approximate surface area is 185 Å². The number of nitrogens with zero attached hydrogens (tertiary/aromatic N) is 4. The maximum Gasteiger partial charge on any atom is 0.420 e. The molecule has 0 bridgehead atoms. The quantitative estimate of drug-likeness (QED) is 0.394. The zero-order chi connectivity index (χ0) is 21.4. The number of fused-ring (bicyclic) bond motifs is 2. The first-order valence-electron chi connectivity index (χ1n) is 9.42. The van der Waals surface area contributed by atoms with E-state index in [2.05, 4.69) is 9.97 Å². The van der Waals surface area contributed by atoms with Crippen LogP contribution in [0.1, 0.15) is 5.56 Å². The maximum atomic E-state index is 13.4. The summed E-state index contributed by atoms with van der Waals surface area (Å²) in [5.74, 6) is -0.866. The molecule has 3 aromatic heterocycles. The van der Waals surface area contributed by atoms with Gasteiger partial charge >= 0.3 is 5.76 Å². The van der Waals surface area contributed by atoms with Crippen molar-refractivity contribution in [3.05, 3.63) is 88.1 Å². The topological polar surface area (TPSA) is 81.2 Å². The molecule has 5 aromatic rings. The summed E-state index contributed by atoms with van der Waals surface area (Å²) in [5.41, 5.74) is 2.60. The first kappa shape index (κ1) is 19.5. The molecule has 0 aliphatic carbocycles. The van der Waals surface area contributed by atoms with E-state index >= 15 is 0 Å². The molecular formula is C22H15ClN4O3S. The third-order valence-electron chi connectivity index (χ3n) is 4.80. The lowest BCUT2D eigenvalue weighted by atomic mass is 10.2. The number of pyridine rings is 1. The average molecular weight is 451 g/mol. The van der Waals surface area contributed by atoms with Crippen LogP contribution < -0.4 is 10.7 Å². The van der Waals surface area contributed by atoms with Gasteiger partial charge in [0.15, 0.2) is 10.7 Å². The zero-order valence-electron chi connectivity index (χ0n) is 16.1. The normalized spacial score (nSPS) is 11.3. The van der Waals surface area contributed by atoms with E-state index in [1.54, 1.807) is 47.6 Å². The molecule has 3 heterocycles. The minimum atomic E-state index is -0.577. The minimum absolute atomic E-state index is 0.174. The van der Waals surface area contributed by atoms with Gasteiger partial charge in [-0.2, -0.15) is 0 Å². The molecule has 0 aliphatic heterocycles. The summed E-state index contributed by atoms with van der Waals surface area (Å²) in [6, 6.07) is 16.1. The van der Waals surface area contributed by atoms with E-state index in [0.717, 1.165) is 15.8 Å². The molecular weight excluding hydrogens is 436 g/mol. The number of thiazole rings is 1. The van der Waals surface area contributed by atoms with Gasteiger partial charge in [-0.15, -0.1) is 0 Å². The third kappa shape index (κ3) is 3.83. The summed E-state index contributed by atoms with van der Waals surface area (Å²) < 4.78 is 7.47. The molecule has 0 aliphatic rings. The number of hydrogen-bond acceptors (Lipinski definition) is 6. The molecule has 154 valence electrons. The van der Waals surface area contributed by atoms with Crippen LogP contribution in [-0.2, 0) is 17.9 Å². The standard InChI is InChI=1S/C22H15ClN4O3S/c23-15-7-8-16-19(10-15)31-21(25-16)27(12-14-4-3-9-24-11-14)20(28)13-26-17-5-1-2-6-18(17)30-22(26)29/h1-11H,12-13H2. The predicted molar refractivity (Wildman–Crippen MR) is 121 cm³/mol.